The summed E-state index contributed by atoms with van der Waals surface area (Å²) in [4.78, 5) is 16.2. The summed E-state index contributed by atoms with van der Waals surface area (Å²) in [6.45, 7) is 4.25. The molecule has 1 unspecified atom stereocenters. The lowest BCUT2D eigenvalue weighted by Crippen LogP contribution is -2.58. The van der Waals surface area contributed by atoms with Crippen LogP contribution in [0.2, 0.25) is 0 Å². The van der Waals surface area contributed by atoms with Crippen LogP contribution in [0.25, 0.3) is 0 Å². The van der Waals surface area contributed by atoms with Crippen molar-refractivity contribution in [3.05, 3.63) is 0 Å². The van der Waals surface area contributed by atoms with Crippen molar-refractivity contribution < 1.29 is 15.3 Å². The Balaban J connectivity index is 0. The Kier molecular flexibility index (Phi) is 12.4. The third kappa shape index (κ3) is 56.0. The van der Waals surface area contributed by atoms with E-state index >= 15 is 0 Å². The maximum Gasteiger partial charge on any atom is 0.373 e. The molecule has 0 amide bonds. The van der Waals surface area contributed by atoms with Crippen molar-refractivity contribution in [2.75, 3.05) is 0 Å². The molecule has 8 heavy (non-hydrogen) atoms. The first-order valence-electron chi connectivity index (χ1n) is 2.51. The van der Waals surface area contributed by atoms with Gasteiger partial charge in [-0.15, -0.1) is 0 Å². The summed E-state index contributed by atoms with van der Waals surface area (Å²) in [5.74, 6) is 0. The molecule has 0 aliphatic carbocycles. The van der Waals surface area contributed by atoms with E-state index in [4.69, 9.17) is 9.59 Å². The molecule has 0 rings (SSSR count). The van der Waals surface area contributed by atoms with Gasteiger partial charge in [-0.3, -0.25) is 0 Å². The fourth-order valence-electron chi connectivity index (χ4n) is 0. The van der Waals surface area contributed by atoms with Crippen LogP contribution in [0.3, 0.4) is 0 Å². The molecule has 0 aromatic carbocycles. The summed E-state index contributed by atoms with van der Waals surface area (Å²) in [6.07, 6.45) is 1.44. The Morgan fingerprint density at radius 2 is 1.75 bits per heavy atom. The molecule has 3 N–H and O–H groups in total. The number of hydrogen-bond acceptors (Lipinski definition) is 2. The zero-order chi connectivity index (χ0) is 6.99. The summed E-state index contributed by atoms with van der Waals surface area (Å²) < 4.78 is 0. The molecule has 48 valence electrons. The van der Waals surface area contributed by atoms with Gasteiger partial charge in [0.1, 0.15) is 0 Å². The number of quaternary nitrogens is 1. The summed E-state index contributed by atoms with van der Waals surface area (Å²) in [7, 11) is 0. The maximum absolute atomic E-state index is 8.12. The molecule has 0 fully saturated rings. The Hall–Kier alpha value is -0.660. The first kappa shape index (κ1) is 10.3. The summed E-state index contributed by atoms with van der Waals surface area (Å²) in [5, 5.41) is 0. The van der Waals surface area contributed by atoms with Gasteiger partial charge < -0.3 is 5.73 Å². The quantitative estimate of drug-likeness (QED) is 0.501. The molecule has 0 radical (unpaired) electrons. The fraction of sp³-hybridized carbons (Fsp3) is 0.800. The molecule has 0 aliphatic rings. The van der Waals surface area contributed by atoms with Crippen molar-refractivity contribution in [3.63, 3.8) is 0 Å². The van der Waals surface area contributed by atoms with Crippen molar-refractivity contribution in [3.8, 4) is 0 Å². The van der Waals surface area contributed by atoms with Crippen LogP contribution in [-0.4, -0.2) is 12.2 Å². The van der Waals surface area contributed by atoms with Gasteiger partial charge in [-0.05, 0) is 13.3 Å². The fourth-order valence-corrected chi connectivity index (χ4v) is 0. The molecule has 0 aromatic rings. The molecule has 3 heteroatoms. The van der Waals surface area contributed by atoms with E-state index in [-0.39, 0.29) is 6.15 Å². The van der Waals surface area contributed by atoms with Crippen molar-refractivity contribution in [2.24, 2.45) is 0 Å². The summed E-state index contributed by atoms with van der Waals surface area (Å²) in [5.41, 5.74) is 3.76. The minimum absolute atomic E-state index is 0.250. The average molecular weight is 118 g/mol. The van der Waals surface area contributed by atoms with Crippen LogP contribution in [-0.2, 0) is 9.59 Å². The smallest absolute Gasteiger partial charge is 0.355 e. The van der Waals surface area contributed by atoms with Gasteiger partial charge in [0.05, 0.1) is 6.04 Å². The van der Waals surface area contributed by atoms with E-state index in [9.17, 15) is 0 Å². The topological polar surface area (TPSA) is 61.8 Å². The molecule has 0 aliphatic heterocycles. The summed E-state index contributed by atoms with van der Waals surface area (Å²) in [6, 6.07) is 0.634. The van der Waals surface area contributed by atoms with E-state index in [1.54, 1.807) is 0 Å². The highest BCUT2D eigenvalue weighted by atomic mass is 16.2. The second-order valence-electron chi connectivity index (χ2n) is 1.60. The van der Waals surface area contributed by atoms with Crippen LogP contribution in [0.15, 0.2) is 0 Å². The lowest BCUT2D eigenvalue weighted by atomic mass is 10.3. The van der Waals surface area contributed by atoms with E-state index < -0.39 is 0 Å². The van der Waals surface area contributed by atoms with Gasteiger partial charge in [0.25, 0.3) is 0 Å². The van der Waals surface area contributed by atoms with Gasteiger partial charge in [0.2, 0.25) is 0 Å². The van der Waals surface area contributed by atoms with Gasteiger partial charge in [-0.1, -0.05) is 6.92 Å². The number of hydrogen-bond donors (Lipinski definition) is 1. The number of carbonyl (C=O) groups excluding carboxylic acids is 2. The first-order chi connectivity index (χ1) is 3.68. The second kappa shape index (κ2) is 9.60. The molecule has 0 saturated heterocycles. The SMILES string of the molecule is CCC(C)[NH3+].O=C=O. The van der Waals surface area contributed by atoms with Crippen molar-refractivity contribution in [2.45, 2.75) is 26.3 Å². The standard InChI is InChI=1S/C4H11N.CO2/c1-3-4(2)5;2-1-3/h4H,3,5H2,1-2H3;/p+1. The highest BCUT2D eigenvalue weighted by Crippen LogP contribution is 1.74. The van der Waals surface area contributed by atoms with Gasteiger partial charge >= 0.3 is 6.15 Å². The second-order valence-corrected chi connectivity index (χ2v) is 1.60. The maximum atomic E-state index is 8.12. The van der Waals surface area contributed by atoms with Crippen LogP contribution in [0.4, 0.5) is 0 Å². The average Bonchev–Trinajstić information content (AvgIpc) is 1.69. The third-order valence-corrected chi connectivity index (χ3v) is 0.697. The summed E-state index contributed by atoms with van der Waals surface area (Å²) >= 11 is 0. The normalized spacial score (nSPS) is 10.4. The Morgan fingerprint density at radius 3 is 1.75 bits per heavy atom. The molecule has 0 spiro atoms. The Labute approximate surface area is 48.9 Å². The Bertz CT molecular complexity index is 64.8. The highest BCUT2D eigenvalue weighted by Gasteiger charge is 1.84. The first-order valence-corrected chi connectivity index (χ1v) is 2.51. The lowest BCUT2D eigenvalue weighted by molar-refractivity contribution is -0.414. The minimum atomic E-state index is 0.250. The molecule has 0 saturated carbocycles. The molecule has 1 atom stereocenters. The minimum Gasteiger partial charge on any atom is -0.355 e. The molecule has 0 heterocycles. The van der Waals surface area contributed by atoms with Gasteiger partial charge in [0, 0.05) is 0 Å². The molecule has 0 bridgehead atoms. The van der Waals surface area contributed by atoms with E-state index in [0.29, 0.717) is 6.04 Å². The largest absolute Gasteiger partial charge is 0.373 e. The van der Waals surface area contributed by atoms with Crippen LogP contribution in [0.1, 0.15) is 20.3 Å². The van der Waals surface area contributed by atoms with E-state index in [2.05, 4.69) is 19.6 Å². The zero-order valence-electron chi connectivity index (χ0n) is 5.31. The van der Waals surface area contributed by atoms with Crippen LogP contribution >= 0.6 is 0 Å². The molecule has 0 aromatic heterocycles. The molecular formula is C5H12NO2+. The molecule has 3 nitrogen and oxygen atoms in total. The number of rotatable bonds is 1. The molecular weight excluding hydrogens is 106 g/mol. The van der Waals surface area contributed by atoms with Crippen LogP contribution < -0.4 is 5.73 Å². The van der Waals surface area contributed by atoms with E-state index in [1.807, 2.05) is 0 Å². The predicted molar refractivity (Wildman–Crippen MR) is 27.6 cm³/mol. The van der Waals surface area contributed by atoms with Crippen LogP contribution in [0, 0.1) is 0 Å². The van der Waals surface area contributed by atoms with Gasteiger partial charge in [-0.25, -0.2) is 0 Å². The lowest BCUT2D eigenvalue weighted by Gasteiger charge is -1.87. The predicted octanol–water partition coefficient (Wildman–Crippen LogP) is -0.557. The van der Waals surface area contributed by atoms with E-state index in [1.165, 1.54) is 6.42 Å². The highest BCUT2D eigenvalue weighted by molar-refractivity contribution is 5.20. The van der Waals surface area contributed by atoms with Crippen molar-refractivity contribution >= 4 is 6.15 Å². The monoisotopic (exact) mass is 118 g/mol. The third-order valence-electron chi connectivity index (χ3n) is 0.697. The van der Waals surface area contributed by atoms with Gasteiger partial charge in [-0.2, -0.15) is 9.59 Å². The van der Waals surface area contributed by atoms with Gasteiger partial charge in [0.15, 0.2) is 0 Å². The van der Waals surface area contributed by atoms with E-state index in [0.717, 1.165) is 0 Å². The van der Waals surface area contributed by atoms with Crippen LogP contribution in [0.5, 0.6) is 0 Å². The van der Waals surface area contributed by atoms with Crippen molar-refractivity contribution in [1.29, 1.82) is 0 Å². The Morgan fingerprint density at radius 1 is 1.62 bits per heavy atom. The van der Waals surface area contributed by atoms with Crippen molar-refractivity contribution in [1.82, 2.24) is 0 Å². The zero-order valence-corrected chi connectivity index (χ0v) is 5.31.